The number of aromatic nitrogens is 2. The van der Waals surface area contributed by atoms with Crippen LogP contribution in [0.3, 0.4) is 0 Å². The number of hydrogen-bond donors (Lipinski definition) is 1. The fourth-order valence-corrected chi connectivity index (χ4v) is 2.47. The van der Waals surface area contributed by atoms with Gasteiger partial charge in [-0.05, 0) is 37.5 Å². The SMILES string of the molecule is COCCOCc1cc(-c2nc(C3(N)CCC3)no2)ccc1F. The summed E-state index contributed by atoms with van der Waals surface area (Å²) >= 11 is 0. The molecular weight excluding hydrogens is 301 g/mol. The molecular formula is C16H20FN3O3. The van der Waals surface area contributed by atoms with Crippen LogP contribution in [0.25, 0.3) is 11.5 Å². The van der Waals surface area contributed by atoms with E-state index >= 15 is 0 Å². The monoisotopic (exact) mass is 321 g/mol. The number of hydrogen-bond acceptors (Lipinski definition) is 6. The second kappa shape index (κ2) is 6.74. The van der Waals surface area contributed by atoms with Crippen LogP contribution >= 0.6 is 0 Å². The zero-order valence-corrected chi connectivity index (χ0v) is 13.0. The Balaban J connectivity index is 1.75. The van der Waals surface area contributed by atoms with Gasteiger partial charge in [0.05, 0.1) is 25.4 Å². The smallest absolute Gasteiger partial charge is 0.258 e. The molecule has 1 fully saturated rings. The Bertz CT molecular complexity index is 670. The van der Waals surface area contributed by atoms with Crippen LogP contribution in [0, 0.1) is 5.82 Å². The van der Waals surface area contributed by atoms with Crippen LogP contribution in [0.1, 0.15) is 30.7 Å². The van der Waals surface area contributed by atoms with Crippen LogP contribution in [-0.4, -0.2) is 30.5 Å². The Morgan fingerprint density at radius 3 is 2.87 bits per heavy atom. The van der Waals surface area contributed by atoms with E-state index < -0.39 is 5.54 Å². The molecule has 1 aromatic carbocycles. The maximum atomic E-state index is 13.9. The zero-order chi connectivity index (χ0) is 16.3. The minimum atomic E-state index is -0.478. The Hall–Kier alpha value is -1.83. The molecule has 124 valence electrons. The van der Waals surface area contributed by atoms with Crippen LogP contribution in [0.2, 0.25) is 0 Å². The van der Waals surface area contributed by atoms with Crippen molar-refractivity contribution in [3.05, 3.63) is 35.4 Å². The number of methoxy groups -OCH3 is 1. The van der Waals surface area contributed by atoms with Crippen molar-refractivity contribution < 1.29 is 18.4 Å². The molecule has 1 aromatic heterocycles. The van der Waals surface area contributed by atoms with Crippen molar-refractivity contribution in [2.24, 2.45) is 5.73 Å². The van der Waals surface area contributed by atoms with Gasteiger partial charge in [-0.2, -0.15) is 4.98 Å². The van der Waals surface area contributed by atoms with Crippen LogP contribution in [0.15, 0.2) is 22.7 Å². The highest BCUT2D eigenvalue weighted by Crippen LogP contribution is 2.37. The lowest BCUT2D eigenvalue weighted by molar-refractivity contribution is 0.0604. The maximum Gasteiger partial charge on any atom is 0.258 e. The molecule has 3 rings (SSSR count). The van der Waals surface area contributed by atoms with E-state index in [-0.39, 0.29) is 12.4 Å². The van der Waals surface area contributed by atoms with E-state index in [1.165, 1.54) is 6.07 Å². The topological polar surface area (TPSA) is 83.4 Å². The summed E-state index contributed by atoms with van der Waals surface area (Å²) in [6.45, 7) is 1.03. The van der Waals surface area contributed by atoms with Gasteiger partial charge in [0.25, 0.3) is 5.89 Å². The predicted molar refractivity (Wildman–Crippen MR) is 80.9 cm³/mol. The number of halogens is 1. The third-order valence-corrected chi connectivity index (χ3v) is 4.10. The van der Waals surface area contributed by atoms with Crippen molar-refractivity contribution >= 4 is 0 Å². The minimum Gasteiger partial charge on any atom is -0.382 e. The highest BCUT2D eigenvalue weighted by molar-refractivity contribution is 5.54. The number of benzene rings is 1. The van der Waals surface area contributed by atoms with E-state index in [1.807, 2.05) is 0 Å². The minimum absolute atomic E-state index is 0.158. The summed E-state index contributed by atoms with van der Waals surface area (Å²) in [7, 11) is 1.59. The third kappa shape index (κ3) is 3.41. The van der Waals surface area contributed by atoms with Crippen LogP contribution in [-0.2, 0) is 21.6 Å². The van der Waals surface area contributed by atoms with Crippen molar-refractivity contribution in [1.82, 2.24) is 10.1 Å². The lowest BCUT2D eigenvalue weighted by Gasteiger charge is -2.34. The Labute approximate surface area is 133 Å². The lowest BCUT2D eigenvalue weighted by Crippen LogP contribution is -2.44. The van der Waals surface area contributed by atoms with Gasteiger partial charge >= 0.3 is 0 Å². The van der Waals surface area contributed by atoms with Gasteiger partial charge in [0.1, 0.15) is 5.82 Å². The molecule has 7 heteroatoms. The normalized spacial score (nSPS) is 16.3. The first-order valence-corrected chi connectivity index (χ1v) is 7.61. The van der Waals surface area contributed by atoms with Crippen LogP contribution in [0.5, 0.6) is 0 Å². The summed E-state index contributed by atoms with van der Waals surface area (Å²) in [4.78, 5) is 4.37. The Morgan fingerprint density at radius 2 is 2.17 bits per heavy atom. The first kappa shape index (κ1) is 16.0. The second-order valence-electron chi connectivity index (χ2n) is 5.78. The molecule has 23 heavy (non-hydrogen) atoms. The van der Waals surface area contributed by atoms with Gasteiger partial charge in [-0.15, -0.1) is 0 Å². The van der Waals surface area contributed by atoms with Gasteiger partial charge in [-0.3, -0.25) is 0 Å². The molecule has 0 aliphatic heterocycles. The van der Waals surface area contributed by atoms with Crippen molar-refractivity contribution in [3.63, 3.8) is 0 Å². The van der Waals surface area contributed by atoms with Gasteiger partial charge in [-0.1, -0.05) is 5.16 Å². The lowest BCUT2D eigenvalue weighted by atomic mass is 9.77. The van der Waals surface area contributed by atoms with Crippen molar-refractivity contribution in [1.29, 1.82) is 0 Å². The Kier molecular flexibility index (Phi) is 4.70. The number of rotatable bonds is 7. The number of nitrogens with two attached hydrogens (primary N) is 1. The van der Waals surface area contributed by atoms with E-state index in [1.54, 1.807) is 19.2 Å². The molecule has 0 amide bonds. The molecule has 1 heterocycles. The largest absolute Gasteiger partial charge is 0.382 e. The summed E-state index contributed by atoms with van der Waals surface area (Å²) in [5.74, 6) is 0.524. The third-order valence-electron chi connectivity index (χ3n) is 4.10. The zero-order valence-electron chi connectivity index (χ0n) is 13.0. The molecule has 0 saturated heterocycles. The molecule has 1 aliphatic rings. The van der Waals surface area contributed by atoms with Gasteiger partial charge in [0, 0.05) is 18.2 Å². The molecule has 6 nitrogen and oxygen atoms in total. The molecule has 1 aliphatic carbocycles. The van der Waals surface area contributed by atoms with Crippen LogP contribution < -0.4 is 5.73 Å². The predicted octanol–water partition coefficient (Wildman–Crippen LogP) is 2.38. The molecule has 1 saturated carbocycles. The highest BCUT2D eigenvalue weighted by Gasteiger charge is 2.39. The van der Waals surface area contributed by atoms with E-state index in [0.29, 0.717) is 36.1 Å². The summed E-state index contributed by atoms with van der Waals surface area (Å²) < 4.78 is 29.4. The molecule has 0 atom stereocenters. The van der Waals surface area contributed by atoms with Crippen molar-refractivity contribution in [2.75, 3.05) is 20.3 Å². The Morgan fingerprint density at radius 1 is 1.35 bits per heavy atom. The van der Waals surface area contributed by atoms with E-state index in [9.17, 15) is 4.39 Å². The standard InChI is InChI=1S/C16H20FN3O3/c1-21-7-8-22-10-12-9-11(3-4-13(12)17)14-19-15(20-23-14)16(18)5-2-6-16/h3-4,9H,2,5-8,10,18H2,1H3. The first-order chi connectivity index (χ1) is 11.1. The maximum absolute atomic E-state index is 13.9. The summed E-state index contributed by atoms with van der Waals surface area (Å²) in [6.07, 6.45) is 2.78. The fraction of sp³-hybridized carbons (Fsp3) is 0.500. The van der Waals surface area contributed by atoms with E-state index in [4.69, 9.17) is 19.7 Å². The van der Waals surface area contributed by atoms with Crippen molar-refractivity contribution in [3.8, 4) is 11.5 Å². The van der Waals surface area contributed by atoms with Gasteiger partial charge in [0.2, 0.25) is 0 Å². The average molecular weight is 321 g/mol. The van der Waals surface area contributed by atoms with Gasteiger partial charge < -0.3 is 19.7 Å². The average Bonchev–Trinajstić information content (AvgIpc) is 3.01. The van der Waals surface area contributed by atoms with E-state index in [0.717, 1.165) is 19.3 Å². The molecule has 0 bridgehead atoms. The molecule has 0 radical (unpaired) electrons. The van der Waals surface area contributed by atoms with Gasteiger partial charge in [0.15, 0.2) is 5.82 Å². The van der Waals surface area contributed by atoms with Crippen molar-refractivity contribution in [2.45, 2.75) is 31.4 Å². The fourth-order valence-electron chi connectivity index (χ4n) is 2.47. The molecule has 0 unspecified atom stereocenters. The number of nitrogens with zero attached hydrogens (tertiary/aromatic N) is 2. The summed E-state index contributed by atoms with van der Waals surface area (Å²) in [5, 5.41) is 3.97. The van der Waals surface area contributed by atoms with Crippen LogP contribution in [0.4, 0.5) is 4.39 Å². The summed E-state index contributed by atoms with van der Waals surface area (Å²) in [6, 6.07) is 4.63. The first-order valence-electron chi connectivity index (χ1n) is 7.61. The number of ether oxygens (including phenoxy) is 2. The molecule has 0 spiro atoms. The molecule has 2 aromatic rings. The van der Waals surface area contributed by atoms with Gasteiger partial charge in [-0.25, -0.2) is 4.39 Å². The second-order valence-corrected chi connectivity index (χ2v) is 5.78. The summed E-state index contributed by atoms with van der Waals surface area (Å²) in [5.41, 5.74) is 6.79. The van der Waals surface area contributed by atoms with E-state index in [2.05, 4.69) is 10.1 Å². The molecule has 2 N–H and O–H groups in total. The highest BCUT2D eigenvalue weighted by atomic mass is 19.1. The quantitative estimate of drug-likeness (QED) is 0.788.